The van der Waals surface area contributed by atoms with E-state index < -0.39 is 8.32 Å². The lowest BCUT2D eigenvalue weighted by atomic mass is 10.2. The summed E-state index contributed by atoms with van der Waals surface area (Å²) in [6, 6.07) is 7.51. The van der Waals surface area contributed by atoms with Crippen LogP contribution in [0.25, 0.3) is 0 Å². The Morgan fingerprint density at radius 2 is 2.00 bits per heavy atom. The predicted molar refractivity (Wildman–Crippen MR) is 72.6 cm³/mol. The summed E-state index contributed by atoms with van der Waals surface area (Å²) in [5.74, 6) is 0.444. The van der Waals surface area contributed by atoms with Crippen LogP contribution in [0.2, 0.25) is 24.7 Å². The van der Waals surface area contributed by atoms with Gasteiger partial charge in [0.05, 0.1) is 0 Å². The van der Waals surface area contributed by atoms with Gasteiger partial charge < -0.3 is 4.43 Å². The molecule has 0 unspecified atom stereocenters. The van der Waals surface area contributed by atoms with Crippen molar-refractivity contribution in [2.75, 3.05) is 0 Å². The molecule has 0 bridgehead atoms. The van der Waals surface area contributed by atoms with E-state index in [2.05, 4.69) is 31.2 Å². The Morgan fingerprint density at radius 3 is 2.56 bits per heavy atom. The fraction of sp³-hybridized carbons (Fsp3) is 0.250. The Morgan fingerprint density at radius 1 is 1.38 bits per heavy atom. The molecule has 4 heteroatoms. The van der Waals surface area contributed by atoms with E-state index in [0.29, 0.717) is 10.9 Å². The van der Waals surface area contributed by atoms with E-state index in [1.807, 2.05) is 24.3 Å². The Kier molecular flexibility index (Phi) is 4.32. The number of hydrogen-bond donors (Lipinski definition) is 0. The molecule has 0 N–H and O–H groups in total. The standard InChI is InChI=1S/C12H16ClNOSi/c1-10(15-16(2,3)4)14-9-11-7-5-6-8-12(11)13/h5-9H,1H2,2-4H3. The molecule has 0 heterocycles. The third-order valence-corrected chi connectivity index (χ3v) is 2.87. The zero-order chi connectivity index (χ0) is 12.2. The first-order chi connectivity index (χ1) is 7.38. The predicted octanol–water partition coefficient (Wildman–Crippen LogP) is 4.08. The van der Waals surface area contributed by atoms with Gasteiger partial charge in [0.15, 0.2) is 5.88 Å². The Balaban J connectivity index is 2.68. The van der Waals surface area contributed by atoms with Gasteiger partial charge in [0, 0.05) is 16.8 Å². The van der Waals surface area contributed by atoms with Crippen LogP contribution in [-0.4, -0.2) is 14.5 Å². The van der Waals surface area contributed by atoms with E-state index in [9.17, 15) is 0 Å². The number of aliphatic imine (C=N–C) groups is 1. The van der Waals surface area contributed by atoms with Crippen LogP contribution in [0.5, 0.6) is 0 Å². The summed E-state index contributed by atoms with van der Waals surface area (Å²) < 4.78 is 5.60. The summed E-state index contributed by atoms with van der Waals surface area (Å²) in [6.45, 7) is 10.0. The van der Waals surface area contributed by atoms with Gasteiger partial charge in [-0.25, -0.2) is 4.99 Å². The topological polar surface area (TPSA) is 21.6 Å². The second kappa shape index (κ2) is 5.32. The van der Waals surface area contributed by atoms with Gasteiger partial charge in [-0.2, -0.15) is 0 Å². The SMILES string of the molecule is C=C(N=Cc1ccccc1Cl)O[Si](C)(C)C. The first-order valence-electron chi connectivity index (χ1n) is 5.05. The molecule has 0 aliphatic heterocycles. The molecule has 2 nitrogen and oxygen atoms in total. The minimum Gasteiger partial charge on any atom is -0.532 e. The highest BCUT2D eigenvalue weighted by Gasteiger charge is 2.16. The van der Waals surface area contributed by atoms with Gasteiger partial charge >= 0.3 is 0 Å². The molecule has 0 aliphatic carbocycles. The molecule has 1 aromatic carbocycles. The van der Waals surface area contributed by atoms with Crippen LogP contribution in [0.4, 0.5) is 0 Å². The normalized spacial score (nSPS) is 11.8. The minimum atomic E-state index is -1.62. The number of halogens is 1. The average molecular weight is 254 g/mol. The Labute approximate surface area is 103 Å². The summed E-state index contributed by atoms with van der Waals surface area (Å²) in [5, 5.41) is 0.673. The van der Waals surface area contributed by atoms with E-state index in [1.54, 1.807) is 6.21 Å². The van der Waals surface area contributed by atoms with Crippen LogP contribution < -0.4 is 0 Å². The highest BCUT2D eigenvalue weighted by Crippen LogP contribution is 2.14. The van der Waals surface area contributed by atoms with Crippen molar-refractivity contribution in [3.05, 3.63) is 47.3 Å². The zero-order valence-electron chi connectivity index (χ0n) is 9.83. The van der Waals surface area contributed by atoms with Gasteiger partial charge in [0.2, 0.25) is 8.32 Å². The number of hydrogen-bond acceptors (Lipinski definition) is 2. The molecule has 0 fully saturated rings. The maximum absolute atomic E-state index is 5.99. The molecule has 0 saturated carbocycles. The van der Waals surface area contributed by atoms with Crippen molar-refractivity contribution in [3.8, 4) is 0 Å². The van der Waals surface area contributed by atoms with Gasteiger partial charge in [-0.3, -0.25) is 0 Å². The van der Waals surface area contributed by atoms with Crippen molar-refractivity contribution in [1.29, 1.82) is 0 Å². The molecule has 16 heavy (non-hydrogen) atoms. The average Bonchev–Trinajstić information content (AvgIpc) is 2.14. The molecule has 0 atom stereocenters. The lowest BCUT2D eigenvalue weighted by Gasteiger charge is -2.17. The van der Waals surface area contributed by atoms with Gasteiger partial charge in [0.25, 0.3) is 0 Å². The second-order valence-corrected chi connectivity index (χ2v) is 9.22. The van der Waals surface area contributed by atoms with Crippen LogP contribution in [0.3, 0.4) is 0 Å². The van der Waals surface area contributed by atoms with Crippen LogP contribution in [0, 0.1) is 0 Å². The molecule has 0 saturated heterocycles. The van der Waals surface area contributed by atoms with Crippen LogP contribution in [0.1, 0.15) is 5.56 Å². The third kappa shape index (κ3) is 4.64. The highest BCUT2D eigenvalue weighted by atomic mass is 35.5. The van der Waals surface area contributed by atoms with Gasteiger partial charge in [0.1, 0.15) is 0 Å². The molecule has 0 aliphatic rings. The monoisotopic (exact) mass is 253 g/mol. The molecule has 0 radical (unpaired) electrons. The van der Waals surface area contributed by atoms with E-state index in [1.165, 1.54) is 0 Å². The van der Waals surface area contributed by atoms with Crippen molar-refractivity contribution < 1.29 is 4.43 Å². The van der Waals surface area contributed by atoms with Crippen LogP contribution in [-0.2, 0) is 4.43 Å². The summed E-state index contributed by atoms with van der Waals surface area (Å²) in [6.07, 6.45) is 1.67. The summed E-state index contributed by atoms with van der Waals surface area (Å²) in [4.78, 5) is 4.15. The maximum atomic E-state index is 5.99. The van der Waals surface area contributed by atoms with E-state index in [-0.39, 0.29) is 0 Å². The summed E-state index contributed by atoms with van der Waals surface area (Å²) >= 11 is 5.99. The summed E-state index contributed by atoms with van der Waals surface area (Å²) in [7, 11) is -1.62. The fourth-order valence-corrected chi connectivity index (χ4v) is 2.05. The number of benzene rings is 1. The molecular weight excluding hydrogens is 238 g/mol. The van der Waals surface area contributed by atoms with E-state index in [0.717, 1.165) is 5.56 Å². The smallest absolute Gasteiger partial charge is 0.244 e. The lowest BCUT2D eigenvalue weighted by molar-refractivity contribution is 0.421. The zero-order valence-corrected chi connectivity index (χ0v) is 11.6. The quantitative estimate of drug-likeness (QED) is 0.450. The van der Waals surface area contributed by atoms with E-state index >= 15 is 0 Å². The molecule has 1 rings (SSSR count). The van der Waals surface area contributed by atoms with Crippen molar-refractivity contribution in [3.63, 3.8) is 0 Å². The highest BCUT2D eigenvalue weighted by molar-refractivity contribution is 6.70. The molecular formula is C12H16ClNOSi. The van der Waals surface area contributed by atoms with Crippen molar-refractivity contribution in [1.82, 2.24) is 0 Å². The third-order valence-electron chi connectivity index (χ3n) is 1.68. The first-order valence-corrected chi connectivity index (χ1v) is 8.83. The Hall–Kier alpha value is -1.06. The minimum absolute atomic E-state index is 0.444. The van der Waals surface area contributed by atoms with Crippen molar-refractivity contribution in [2.45, 2.75) is 19.6 Å². The van der Waals surface area contributed by atoms with Crippen LogP contribution >= 0.6 is 11.6 Å². The first kappa shape index (κ1) is 13.0. The number of nitrogens with zero attached hydrogens (tertiary/aromatic N) is 1. The summed E-state index contributed by atoms with van der Waals surface area (Å²) in [5.41, 5.74) is 0.865. The van der Waals surface area contributed by atoms with Crippen molar-refractivity contribution >= 4 is 26.1 Å². The molecule has 0 spiro atoms. The van der Waals surface area contributed by atoms with Gasteiger partial charge in [-0.05, 0) is 32.3 Å². The maximum Gasteiger partial charge on any atom is 0.244 e. The second-order valence-electron chi connectivity index (χ2n) is 4.39. The van der Waals surface area contributed by atoms with Crippen LogP contribution in [0.15, 0.2) is 41.7 Å². The molecule has 0 amide bonds. The lowest BCUT2D eigenvalue weighted by Crippen LogP contribution is -2.24. The van der Waals surface area contributed by atoms with Gasteiger partial charge in [-0.1, -0.05) is 29.8 Å². The molecule has 1 aromatic rings. The molecule has 0 aromatic heterocycles. The Bertz CT molecular complexity index is 410. The number of rotatable bonds is 4. The fourth-order valence-electron chi connectivity index (χ4n) is 1.10. The van der Waals surface area contributed by atoms with Crippen molar-refractivity contribution in [2.24, 2.45) is 4.99 Å². The largest absolute Gasteiger partial charge is 0.532 e. The van der Waals surface area contributed by atoms with Gasteiger partial charge in [-0.15, -0.1) is 0 Å². The van der Waals surface area contributed by atoms with E-state index in [4.69, 9.17) is 16.0 Å². The molecule has 86 valence electrons.